The zero-order chi connectivity index (χ0) is 20.3. The van der Waals surface area contributed by atoms with Crippen molar-refractivity contribution in [2.45, 2.75) is 38.9 Å². The number of carbonyl (C=O) groups is 1. The van der Waals surface area contributed by atoms with Crippen molar-refractivity contribution in [3.63, 3.8) is 0 Å². The first-order valence-electron chi connectivity index (χ1n) is 8.83. The van der Waals surface area contributed by atoms with Crippen LogP contribution in [-0.4, -0.2) is 26.4 Å². The van der Waals surface area contributed by atoms with Gasteiger partial charge in [-0.2, -0.15) is 0 Å². The van der Waals surface area contributed by atoms with E-state index in [4.69, 9.17) is 23.2 Å². The molecular formula is C19H20Cl2N4OS2. The Morgan fingerprint density at radius 1 is 1.25 bits per heavy atom. The molecule has 0 aliphatic rings. The fourth-order valence-corrected chi connectivity index (χ4v) is 5.14. The van der Waals surface area contributed by atoms with E-state index in [2.05, 4.69) is 34.7 Å². The van der Waals surface area contributed by atoms with E-state index >= 15 is 0 Å². The monoisotopic (exact) mass is 454 g/mol. The number of nitrogens with zero attached hydrogens (tertiary/aromatic N) is 3. The average molecular weight is 455 g/mol. The highest BCUT2D eigenvalue weighted by Crippen LogP contribution is 2.33. The van der Waals surface area contributed by atoms with Crippen molar-refractivity contribution >= 4 is 57.9 Å². The summed E-state index contributed by atoms with van der Waals surface area (Å²) >= 11 is 15.3. The second-order valence-corrected chi connectivity index (χ2v) is 8.86. The number of hydrogen-bond acceptors (Lipinski definition) is 5. The van der Waals surface area contributed by atoms with Gasteiger partial charge in [0.2, 0.25) is 5.91 Å². The minimum Gasteiger partial charge on any atom is -0.323 e. The van der Waals surface area contributed by atoms with E-state index in [-0.39, 0.29) is 11.7 Å². The summed E-state index contributed by atoms with van der Waals surface area (Å²) in [7, 11) is 0. The Morgan fingerprint density at radius 2 is 1.96 bits per heavy atom. The van der Waals surface area contributed by atoms with Crippen molar-refractivity contribution in [1.82, 2.24) is 14.8 Å². The Kier molecular flexibility index (Phi) is 7.04. The lowest BCUT2D eigenvalue weighted by Crippen LogP contribution is -2.15. The van der Waals surface area contributed by atoms with Crippen molar-refractivity contribution < 1.29 is 4.79 Å². The predicted octanol–water partition coefficient (Wildman–Crippen LogP) is 5.93. The molecule has 3 rings (SSSR count). The molecule has 1 aromatic carbocycles. The van der Waals surface area contributed by atoms with Crippen LogP contribution in [0.5, 0.6) is 0 Å². The molecule has 28 heavy (non-hydrogen) atoms. The van der Waals surface area contributed by atoms with Crippen molar-refractivity contribution in [2.24, 2.45) is 0 Å². The zero-order valence-corrected chi connectivity index (χ0v) is 18.9. The molecule has 1 amide bonds. The molecule has 148 valence electrons. The molecule has 0 atom stereocenters. The highest BCUT2D eigenvalue weighted by Gasteiger charge is 2.19. The van der Waals surface area contributed by atoms with Gasteiger partial charge < -0.3 is 9.88 Å². The largest absolute Gasteiger partial charge is 0.323 e. The topological polar surface area (TPSA) is 59.8 Å². The number of nitrogens with one attached hydrogen (secondary N) is 1. The number of halogens is 2. The number of hydrogen-bond donors (Lipinski definition) is 1. The third kappa shape index (κ3) is 4.38. The summed E-state index contributed by atoms with van der Waals surface area (Å²) in [6.45, 7) is 7.04. The summed E-state index contributed by atoms with van der Waals surface area (Å²) in [5, 5.41) is 15.1. The van der Waals surface area contributed by atoms with Gasteiger partial charge in [-0.05, 0) is 38.0 Å². The van der Waals surface area contributed by atoms with Crippen LogP contribution in [0.25, 0.3) is 11.4 Å². The summed E-state index contributed by atoms with van der Waals surface area (Å²) in [5.74, 6) is 0.830. The van der Waals surface area contributed by atoms with Crippen LogP contribution in [0, 0.1) is 6.92 Å². The van der Waals surface area contributed by atoms with Gasteiger partial charge in [0, 0.05) is 22.4 Å². The molecule has 0 unspecified atom stereocenters. The van der Waals surface area contributed by atoms with E-state index in [0.717, 1.165) is 24.4 Å². The standard InChI is InChI=1S/C19H20Cl2N4OS2/c1-4-12-11(3)27-9-13(12)18-23-24-19(25(18)5-2)28-10-16(26)22-17-14(20)7-6-8-15(17)21/h6-9H,4-5,10H2,1-3H3,(H,22,26). The third-order valence-corrected chi connectivity index (χ3v) is 6.84. The van der Waals surface area contributed by atoms with Crippen molar-refractivity contribution in [1.29, 1.82) is 0 Å². The second kappa shape index (κ2) is 9.31. The quantitative estimate of drug-likeness (QED) is 0.449. The molecule has 2 aromatic heterocycles. The zero-order valence-electron chi connectivity index (χ0n) is 15.8. The Hall–Kier alpha value is -1.54. The second-order valence-electron chi connectivity index (χ2n) is 6.02. The first kappa shape index (κ1) is 21.2. The van der Waals surface area contributed by atoms with Gasteiger partial charge in [-0.15, -0.1) is 21.5 Å². The van der Waals surface area contributed by atoms with Crippen molar-refractivity contribution in [3.05, 3.63) is 44.1 Å². The molecule has 0 radical (unpaired) electrons. The number of anilines is 1. The van der Waals surface area contributed by atoms with Crippen LogP contribution in [0.15, 0.2) is 28.7 Å². The summed E-state index contributed by atoms with van der Waals surface area (Å²) in [6.07, 6.45) is 0.949. The summed E-state index contributed by atoms with van der Waals surface area (Å²) in [6, 6.07) is 5.10. The molecule has 0 saturated carbocycles. The number of carbonyl (C=O) groups excluding carboxylic acids is 1. The highest BCUT2D eigenvalue weighted by atomic mass is 35.5. The minimum absolute atomic E-state index is 0.184. The van der Waals surface area contributed by atoms with E-state index in [1.807, 2.05) is 11.5 Å². The number of aryl methyl sites for hydroxylation is 1. The molecule has 1 N–H and O–H groups in total. The number of thiophene rings is 1. The van der Waals surface area contributed by atoms with Gasteiger partial charge in [-0.25, -0.2) is 0 Å². The smallest absolute Gasteiger partial charge is 0.234 e. The van der Waals surface area contributed by atoms with Gasteiger partial charge >= 0.3 is 0 Å². The number of thioether (sulfide) groups is 1. The SMILES string of the molecule is CCc1c(-c2nnc(SCC(=O)Nc3c(Cl)cccc3Cl)n2CC)csc1C. The summed E-state index contributed by atoms with van der Waals surface area (Å²) in [5.41, 5.74) is 2.85. The van der Waals surface area contributed by atoms with E-state index in [9.17, 15) is 4.79 Å². The van der Waals surface area contributed by atoms with Crippen LogP contribution in [0.2, 0.25) is 10.0 Å². The Morgan fingerprint density at radius 3 is 2.61 bits per heavy atom. The minimum atomic E-state index is -0.201. The fraction of sp³-hybridized carbons (Fsp3) is 0.316. The highest BCUT2D eigenvalue weighted by molar-refractivity contribution is 7.99. The van der Waals surface area contributed by atoms with Crippen LogP contribution >= 0.6 is 46.3 Å². The molecule has 0 aliphatic heterocycles. The average Bonchev–Trinajstić information content (AvgIpc) is 3.25. The Bertz CT molecular complexity index is 980. The number of rotatable bonds is 7. The molecule has 0 fully saturated rings. The van der Waals surface area contributed by atoms with Crippen LogP contribution in [0.3, 0.4) is 0 Å². The van der Waals surface area contributed by atoms with E-state index in [1.165, 1.54) is 22.2 Å². The molecular weight excluding hydrogens is 435 g/mol. The third-order valence-electron chi connectivity index (χ3n) is 4.29. The molecule has 5 nitrogen and oxygen atoms in total. The number of benzene rings is 1. The van der Waals surface area contributed by atoms with Gasteiger partial charge in [-0.1, -0.05) is 48.0 Å². The van der Waals surface area contributed by atoms with Gasteiger partial charge in [0.1, 0.15) is 0 Å². The lowest BCUT2D eigenvalue weighted by Gasteiger charge is -2.10. The first-order valence-corrected chi connectivity index (χ1v) is 11.5. The molecule has 0 spiro atoms. The van der Waals surface area contributed by atoms with Gasteiger partial charge in [0.15, 0.2) is 11.0 Å². The Balaban J connectivity index is 1.75. The van der Waals surface area contributed by atoms with Crippen LogP contribution in [-0.2, 0) is 17.8 Å². The van der Waals surface area contributed by atoms with Crippen molar-refractivity contribution in [2.75, 3.05) is 11.1 Å². The Labute approximate surface area is 182 Å². The number of aromatic nitrogens is 3. The molecule has 0 aliphatic carbocycles. The lowest BCUT2D eigenvalue weighted by molar-refractivity contribution is -0.113. The summed E-state index contributed by atoms with van der Waals surface area (Å²) in [4.78, 5) is 13.7. The van der Waals surface area contributed by atoms with Gasteiger partial charge in [0.25, 0.3) is 0 Å². The molecule has 3 aromatic rings. The molecule has 2 heterocycles. The van der Waals surface area contributed by atoms with Crippen molar-refractivity contribution in [3.8, 4) is 11.4 Å². The maximum absolute atomic E-state index is 12.4. The van der Waals surface area contributed by atoms with Gasteiger partial charge in [-0.3, -0.25) is 4.79 Å². The van der Waals surface area contributed by atoms with Crippen LogP contribution in [0.4, 0.5) is 5.69 Å². The number of para-hydroxylation sites is 1. The fourth-order valence-electron chi connectivity index (χ4n) is 2.91. The maximum atomic E-state index is 12.4. The van der Waals surface area contributed by atoms with Gasteiger partial charge in [0.05, 0.1) is 21.5 Å². The molecule has 0 saturated heterocycles. The predicted molar refractivity (Wildman–Crippen MR) is 119 cm³/mol. The van der Waals surface area contributed by atoms with E-state index < -0.39 is 0 Å². The normalized spacial score (nSPS) is 11.0. The van der Waals surface area contributed by atoms with Crippen LogP contribution in [0.1, 0.15) is 24.3 Å². The molecule has 0 bridgehead atoms. The summed E-state index contributed by atoms with van der Waals surface area (Å²) < 4.78 is 2.04. The van der Waals surface area contributed by atoms with E-state index in [1.54, 1.807) is 29.5 Å². The van der Waals surface area contributed by atoms with Crippen LogP contribution < -0.4 is 5.32 Å². The number of amides is 1. The maximum Gasteiger partial charge on any atom is 0.234 e. The first-order chi connectivity index (χ1) is 13.5. The lowest BCUT2D eigenvalue weighted by atomic mass is 10.1. The van der Waals surface area contributed by atoms with E-state index in [0.29, 0.717) is 20.9 Å². The molecule has 9 heteroatoms.